The van der Waals surface area contributed by atoms with Crippen LogP contribution in [0.25, 0.3) is 0 Å². The molecule has 0 spiro atoms. The fourth-order valence-electron chi connectivity index (χ4n) is 2.09. The van der Waals surface area contributed by atoms with Crippen LogP contribution in [0.1, 0.15) is 21.6 Å². The summed E-state index contributed by atoms with van der Waals surface area (Å²) in [6.45, 7) is 1.65. The van der Waals surface area contributed by atoms with Crippen LogP contribution in [-0.4, -0.2) is 28.6 Å². The summed E-state index contributed by atoms with van der Waals surface area (Å²) < 4.78 is 0. The molecule has 0 aliphatic heterocycles. The number of hydrogen-bond acceptors (Lipinski definition) is 3. The van der Waals surface area contributed by atoms with Crippen molar-refractivity contribution in [3.8, 4) is 0 Å². The number of aliphatic hydroxyl groups excluding tert-OH is 1. The molecule has 1 aromatic carbocycles. The minimum absolute atomic E-state index is 0.127. The van der Waals surface area contributed by atoms with Crippen LogP contribution in [0.5, 0.6) is 0 Å². The number of rotatable bonds is 5. The second-order valence-electron chi connectivity index (χ2n) is 4.86. The van der Waals surface area contributed by atoms with Gasteiger partial charge in [-0.3, -0.25) is 4.79 Å². The number of aryl methyl sites for hydroxylation is 1. The van der Waals surface area contributed by atoms with E-state index in [1.54, 1.807) is 13.0 Å². The maximum Gasteiger partial charge on any atom is 0.251 e. The molecule has 1 atom stereocenters. The largest absolute Gasteiger partial charge is 0.394 e. The molecule has 2 aromatic rings. The molecule has 1 aromatic heterocycles. The summed E-state index contributed by atoms with van der Waals surface area (Å²) in [7, 11) is 0. The SMILES string of the molecule is Cc1cc(C(=O)NC(CO)Cc2ccccc2)cc(Cl)n1. The minimum Gasteiger partial charge on any atom is -0.394 e. The van der Waals surface area contributed by atoms with E-state index in [0.29, 0.717) is 17.7 Å². The number of hydrogen-bond donors (Lipinski definition) is 2. The highest BCUT2D eigenvalue weighted by atomic mass is 35.5. The highest BCUT2D eigenvalue weighted by molar-refractivity contribution is 6.29. The van der Waals surface area contributed by atoms with Gasteiger partial charge in [-0.1, -0.05) is 41.9 Å². The van der Waals surface area contributed by atoms with E-state index in [4.69, 9.17) is 11.6 Å². The number of carbonyl (C=O) groups is 1. The lowest BCUT2D eigenvalue weighted by molar-refractivity contribution is 0.0916. The molecule has 0 bridgehead atoms. The summed E-state index contributed by atoms with van der Waals surface area (Å²) in [5.74, 6) is -0.266. The fraction of sp³-hybridized carbons (Fsp3) is 0.250. The Hall–Kier alpha value is -1.91. The van der Waals surface area contributed by atoms with Gasteiger partial charge < -0.3 is 10.4 Å². The molecule has 4 nitrogen and oxygen atoms in total. The predicted octanol–water partition coefficient (Wildman–Crippen LogP) is 2.38. The average Bonchev–Trinajstić information content (AvgIpc) is 2.46. The molecular formula is C16H17ClN2O2. The summed E-state index contributed by atoms with van der Waals surface area (Å²) in [6, 6.07) is 12.5. The first-order valence-electron chi connectivity index (χ1n) is 6.68. The lowest BCUT2D eigenvalue weighted by Gasteiger charge is -2.16. The summed E-state index contributed by atoms with van der Waals surface area (Å²) in [5.41, 5.74) is 2.18. The number of carbonyl (C=O) groups excluding carboxylic acids is 1. The monoisotopic (exact) mass is 304 g/mol. The Morgan fingerprint density at radius 3 is 2.67 bits per heavy atom. The number of aliphatic hydroxyl groups is 1. The number of halogens is 1. The number of nitrogens with one attached hydrogen (secondary N) is 1. The summed E-state index contributed by atoms with van der Waals surface area (Å²) >= 11 is 5.85. The molecule has 0 radical (unpaired) electrons. The maximum atomic E-state index is 12.2. The topological polar surface area (TPSA) is 62.2 Å². The summed E-state index contributed by atoms with van der Waals surface area (Å²) in [6.07, 6.45) is 0.570. The third-order valence-corrected chi connectivity index (χ3v) is 3.26. The van der Waals surface area contributed by atoms with Crippen molar-refractivity contribution in [3.63, 3.8) is 0 Å². The third-order valence-electron chi connectivity index (χ3n) is 3.06. The Morgan fingerprint density at radius 1 is 1.33 bits per heavy atom. The van der Waals surface area contributed by atoms with Gasteiger partial charge in [0.2, 0.25) is 0 Å². The van der Waals surface area contributed by atoms with E-state index >= 15 is 0 Å². The van der Waals surface area contributed by atoms with Crippen molar-refractivity contribution < 1.29 is 9.90 Å². The van der Waals surface area contributed by atoms with E-state index in [1.807, 2.05) is 30.3 Å². The van der Waals surface area contributed by atoms with E-state index in [2.05, 4.69) is 10.3 Å². The van der Waals surface area contributed by atoms with Crippen LogP contribution in [0.2, 0.25) is 5.15 Å². The Bertz CT molecular complexity index is 597. The zero-order chi connectivity index (χ0) is 15.2. The molecule has 110 valence electrons. The first-order valence-corrected chi connectivity index (χ1v) is 7.06. The standard InChI is InChI=1S/C16H17ClN2O2/c1-11-7-13(9-15(17)18-11)16(21)19-14(10-20)8-12-5-3-2-4-6-12/h2-7,9,14,20H,8,10H2,1H3,(H,19,21). The van der Waals surface area contributed by atoms with Crippen molar-refractivity contribution in [2.24, 2.45) is 0 Å². The van der Waals surface area contributed by atoms with Crippen LogP contribution in [0, 0.1) is 6.92 Å². The smallest absolute Gasteiger partial charge is 0.251 e. The molecule has 0 aliphatic rings. The van der Waals surface area contributed by atoms with Gasteiger partial charge in [-0.25, -0.2) is 4.98 Å². The highest BCUT2D eigenvalue weighted by Crippen LogP contribution is 2.11. The third kappa shape index (κ3) is 4.55. The van der Waals surface area contributed by atoms with Gasteiger partial charge >= 0.3 is 0 Å². The average molecular weight is 305 g/mol. The molecule has 0 saturated carbocycles. The van der Waals surface area contributed by atoms with Crippen LogP contribution < -0.4 is 5.32 Å². The van der Waals surface area contributed by atoms with Crippen molar-refractivity contribution in [3.05, 3.63) is 64.4 Å². The van der Waals surface area contributed by atoms with Crippen molar-refractivity contribution in [2.75, 3.05) is 6.61 Å². The van der Waals surface area contributed by atoms with Crippen LogP contribution in [0.4, 0.5) is 0 Å². The van der Waals surface area contributed by atoms with E-state index in [1.165, 1.54) is 6.07 Å². The first kappa shape index (κ1) is 15.5. The van der Waals surface area contributed by atoms with Crippen molar-refractivity contribution in [1.82, 2.24) is 10.3 Å². The Labute approximate surface area is 128 Å². The van der Waals surface area contributed by atoms with Gasteiger partial charge in [-0.05, 0) is 31.0 Å². The quantitative estimate of drug-likeness (QED) is 0.834. The second kappa shape index (κ2) is 7.20. The number of nitrogens with zero attached hydrogens (tertiary/aromatic N) is 1. The van der Waals surface area contributed by atoms with Crippen molar-refractivity contribution in [2.45, 2.75) is 19.4 Å². The molecule has 2 N–H and O–H groups in total. The molecule has 0 aliphatic carbocycles. The molecule has 2 rings (SSSR count). The van der Waals surface area contributed by atoms with Gasteiger partial charge in [-0.15, -0.1) is 0 Å². The molecule has 1 heterocycles. The maximum absolute atomic E-state index is 12.2. The summed E-state index contributed by atoms with van der Waals surface area (Å²) in [5, 5.41) is 12.5. The Morgan fingerprint density at radius 2 is 2.05 bits per heavy atom. The highest BCUT2D eigenvalue weighted by Gasteiger charge is 2.14. The van der Waals surface area contributed by atoms with Gasteiger partial charge in [0.1, 0.15) is 5.15 Å². The Kier molecular flexibility index (Phi) is 5.31. The molecule has 5 heteroatoms. The Balaban J connectivity index is 2.05. The van der Waals surface area contributed by atoms with E-state index in [-0.39, 0.29) is 23.7 Å². The number of amides is 1. The molecule has 0 fully saturated rings. The zero-order valence-electron chi connectivity index (χ0n) is 11.7. The van der Waals surface area contributed by atoms with Gasteiger partial charge in [0.05, 0.1) is 12.6 Å². The lowest BCUT2D eigenvalue weighted by Crippen LogP contribution is -2.39. The number of pyridine rings is 1. The van der Waals surface area contributed by atoms with E-state index in [0.717, 1.165) is 5.56 Å². The molecule has 21 heavy (non-hydrogen) atoms. The van der Waals surface area contributed by atoms with Crippen LogP contribution in [-0.2, 0) is 6.42 Å². The molecular weight excluding hydrogens is 288 g/mol. The van der Waals surface area contributed by atoms with Crippen molar-refractivity contribution >= 4 is 17.5 Å². The van der Waals surface area contributed by atoms with Crippen LogP contribution in [0.3, 0.4) is 0 Å². The normalized spacial score (nSPS) is 12.0. The molecule has 0 saturated heterocycles. The predicted molar refractivity (Wildman–Crippen MR) is 82.5 cm³/mol. The van der Waals surface area contributed by atoms with Gasteiger partial charge in [-0.2, -0.15) is 0 Å². The van der Waals surface area contributed by atoms with Gasteiger partial charge in [0, 0.05) is 11.3 Å². The van der Waals surface area contributed by atoms with Crippen molar-refractivity contribution in [1.29, 1.82) is 0 Å². The second-order valence-corrected chi connectivity index (χ2v) is 5.25. The fourth-order valence-corrected chi connectivity index (χ4v) is 2.34. The van der Waals surface area contributed by atoms with Gasteiger partial charge in [0.15, 0.2) is 0 Å². The number of benzene rings is 1. The van der Waals surface area contributed by atoms with E-state index in [9.17, 15) is 9.90 Å². The first-order chi connectivity index (χ1) is 10.1. The molecule has 1 unspecified atom stereocenters. The molecule has 1 amide bonds. The summed E-state index contributed by atoms with van der Waals surface area (Å²) in [4.78, 5) is 16.2. The zero-order valence-corrected chi connectivity index (χ0v) is 12.5. The van der Waals surface area contributed by atoms with E-state index < -0.39 is 0 Å². The van der Waals surface area contributed by atoms with Crippen LogP contribution >= 0.6 is 11.6 Å². The number of aromatic nitrogens is 1. The lowest BCUT2D eigenvalue weighted by atomic mass is 10.1. The van der Waals surface area contributed by atoms with Crippen LogP contribution in [0.15, 0.2) is 42.5 Å². The van der Waals surface area contributed by atoms with Gasteiger partial charge in [0.25, 0.3) is 5.91 Å². The minimum atomic E-state index is -0.341.